The van der Waals surface area contributed by atoms with Crippen LogP contribution < -0.4 is 10.1 Å². The Morgan fingerprint density at radius 1 is 1.42 bits per heavy atom. The monoisotopic (exact) mass is 265 g/mol. The molecule has 0 heterocycles. The number of rotatable bonds is 9. The summed E-state index contributed by atoms with van der Waals surface area (Å²) in [6.07, 6.45) is 3.46. The second-order valence-electron chi connectivity index (χ2n) is 4.53. The van der Waals surface area contributed by atoms with Gasteiger partial charge in [-0.1, -0.05) is 26.3 Å². The summed E-state index contributed by atoms with van der Waals surface area (Å²) in [7, 11) is 0. The summed E-state index contributed by atoms with van der Waals surface area (Å²) in [6, 6.07) is 7.11. The lowest BCUT2D eigenvalue weighted by molar-refractivity contribution is 0.0696. The van der Waals surface area contributed by atoms with Gasteiger partial charge in [-0.3, -0.25) is 0 Å². The average molecular weight is 265 g/mol. The Morgan fingerprint density at radius 2 is 2.21 bits per heavy atom. The molecule has 19 heavy (non-hydrogen) atoms. The summed E-state index contributed by atoms with van der Waals surface area (Å²) >= 11 is 0. The molecule has 4 heteroatoms. The van der Waals surface area contributed by atoms with Crippen molar-refractivity contribution in [3.8, 4) is 5.75 Å². The maximum atomic E-state index is 10.8. The van der Waals surface area contributed by atoms with E-state index in [1.54, 1.807) is 24.3 Å². The predicted molar refractivity (Wildman–Crippen MR) is 75.9 cm³/mol. The van der Waals surface area contributed by atoms with Gasteiger partial charge in [0, 0.05) is 12.6 Å². The molecule has 1 atom stereocenters. The molecule has 106 valence electrons. The van der Waals surface area contributed by atoms with Crippen LogP contribution in [0, 0.1) is 0 Å². The average Bonchev–Trinajstić information content (AvgIpc) is 2.42. The molecule has 0 aliphatic carbocycles. The number of hydrogen-bond donors (Lipinski definition) is 2. The topological polar surface area (TPSA) is 58.6 Å². The van der Waals surface area contributed by atoms with Crippen molar-refractivity contribution in [1.82, 2.24) is 5.32 Å². The second kappa shape index (κ2) is 8.53. The van der Waals surface area contributed by atoms with Gasteiger partial charge >= 0.3 is 5.97 Å². The zero-order valence-corrected chi connectivity index (χ0v) is 11.7. The first-order valence-corrected chi connectivity index (χ1v) is 6.86. The molecule has 4 nitrogen and oxygen atoms in total. The number of carboxylic acids is 1. The van der Waals surface area contributed by atoms with E-state index in [2.05, 4.69) is 19.2 Å². The number of aromatic carboxylic acids is 1. The summed E-state index contributed by atoms with van der Waals surface area (Å²) in [5.74, 6) is -0.331. The molecular weight excluding hydrogens is 242 g/mol. The van der Waals surface area contributed by atoms with Crippen LogP contribution in [0.15, 0.2) is 24.3 Å². The Balaban J connectivity index is 2.33. The summed E-state index contributed by atoms with van der Waals surface area (Å²) in [4.78, 5) is 10.8. The van der Waals surface area contributed by atoms with E-state index in [-0.39, 0.29) is 5.56 Å². The Labute approximate surface area is 114 Å². The summed E-state index contributed by atoms with van der Waals surface area (Å²) in [5.41, 5.74) is 0.253. The van der Waals surface area contributed by atoms with E-state index in [0.29, 0.717) is 18.4 Å². The molecule has 0 radical (unpaired) electrons. The van der Waals surface area contributed by atoms with Crippen LogP contribution in [0.1, 0.15) is 43.5 Å². The van der Waals surface area contributed by atoms with E-state index < -0.39 is 5.97 Å². The summed E-state index contributed by atoms with van der Waals surface area (Å²) in [6.45, 7) is 5.67. The molecule has 0 bridgehead atoms. The van der Waals surface area contributed by atoms with Gasteiger partial charge in [0.25, 0.3) is 0 Å². The van der Waals surface area contributed by atoms with Crippen LogP contribution in [0.25, 0.3) is 0 Å². The van der Waals surface area contributed by atoms with Gasteiger partial charge in [-0.05, 0) is 31.0 Å². The highest BCUT2D eigenvalue weighted by atomic mass is 16.5. The molecule has 0 aliphatic heterocycles. The number of ether oxygens (including phenoxy) is 1. The zero-order valence-electron chi connectivity index (χ0n) is 11.7. The third-order valence-corrected chi connectivity index (χ3v) is 3.01. The van der Waals surface area contributed by atoms with Crippen molar-refractivity contribution in [2.45, 2.75) is 39.2 Å². The van der Waals surface area contributed by atoms with E-state index in [4.69, 9.17) is 9.84 Å². The van der Waals surface area contributed by atoms with Gasteiger partial charge < -0.3 is 15.2 Å². The number of hydrogen-bond acceptors (Lipinski definition) is 3. The Kier molecular flexibility index (Phi) is 6.97. The standard InChI is InChI=1S/C15H23NO3/c1-3-6-13(4-2)16-9-10-19-14-8-5-7-12(11-14)15(17)18/h5,7-8,11,13,16H,3-4,6,9-10H2,1-2H3,(H,17,18). The van der Waals surface area contributed by atoms with Crippen molar-refractivity contribution in [2.75, 3.05) is 13.2 Å². The molecule has 0 spiro atoms. The van der Waals surface area contributed by atoms with Crippen LogP contribution in [-0.2, 0) is 0 Å². The van der Waals surface area contributed by atoms with Crippen LogP contribution in [0.5, 0.6) is 5.75 Å². The van der Waals surface area contributed by atoms with Crippen LogP contribution >= 0.6 is 0 Å². The minimum absolute atomic E-state index is 0.253. The number of carboxylic acid groups (broad SMARTS) is 1. The van der Waals surface area contributed by atoms with Crippen molar-refractivity contribution in [1.29, 1.82) is 0 Å². The van der Waals surface area contributed by atoms with E-state index in [9.17, 15) is 4.79 Å². The van der Waals surface area contributed by atoms with Crippen LogP contribution in [0.4, 0.5) is 0 Å². The third-order valence-electron chi connectivity index (χ3n) is 3.01. The quantitative estimate of drug-likeness (QED) is 0.674. The van der Waals surface area contributed by atoms with Gasteiger partial charge in [-0.15, -0.1) is 0 Å². The van der Waals surface area contributed by atoms with Crippen molar-refractivity contribution in [3.63, 3.8) is 0 Å². The molecule has 0 saturated heterocycles. The van der Waals surface area contributed by atoms with Gasteiger partial charge in [0.2, 0.25) is 0 Å². The molecule has 0 saturated carbocycles. The largest absolute Gasteiger partial charge is 0.492 e. The van der Waals surface area contributed by atoms with E-state index in [0.717, 1.165) is 13.0 Å². The zero-order chi connectivity index (χ0) is 14.1. The fraction of sp³-hybridized carbons (Fsp3) is 0.533. The van der Waals surface area contributed by atoms with Crippen LogP contribution in [-0.4, -0.2) is 30.3 Å². The first-order chi connectivity index (χ1) is 9.17. The maximum absolute atomic E-state index is 10.8. The lowest BCUT2D eigenvalue weighted by atomic mass is 10.1. The smallest absolute Gasteiger partial charge is 0.335 e. The minimum atomic E-state index is -0.933. The fourth-order valence-corrected chi connectivity index (χ4v) is 1.95. The number of benzene rings is 1. The maximum Gasteiger partial charge on any atom is 0.335 e. The normalized spacial score (nSPS) is 12.1. The molecule has 0 fully saturated rings. The van der Waals surface area contributed by atoms with Crippen LogP contribution in [0.3, 0.4) is 0 Å². The molecule has 1 aromatic carbocycles. The fourth-order valence-electron chi connectivity index (χ4n) is 1.95. The van der Waals surface area contributed by atoms with Gasteiger partial charge in [0.15, 0.2) is 0 Å². The molecule has 0 aromatic heterocycles. The lowest BCUT2D eigenvalue weighted by Crippen LogP contribution is -2.31. The predicted octanol–water partition coefficient (Wildman–Crippen LogP) is 2.93. The first kappa shape index (κ1) is 15.5. The molecular formula is C15H23NO3. The minimum Gasteiger partial charge on any atom is -0.492 e. The second-order valence-corrected chi connectivity index (χ2v) is 4.53. The number of carbonyl (C=O) groups is 1. The van der Waals surface area contributed by atoms with Crippen molar-refractivity contribution in [2.24, 2.45) is 0 Å². The lowest BCUT2D eigenvalue weighted by Gasteiger charge is -2.16. The molecule has 1 rings (SSSR count). The van der Waals surface area contributed by atoms with E-state index in [1.165, 1.54) is 12.8 Å². The van der Waals surface area contributed by atoms with Gasteiger partial charge in [-0.25, -0.2) is 4.79 Å². The van der Waals surface area contributed by atoms with Crippen molar-refractivity contribution < 1.29 is 14.6 Å². The first-order valence-electron chi connectivity index (χ1n) is 6.86. The highest BCUT2D eigenvalue weighted by molar-refractivity contribution is 5.87. The summed E-state index contributed by atoms with van der Waals surface area (Å²) < 4.78 is 5.54. The molecule has 0 amide bonds. The van der Waals surface area contributed by atoms with Gasteiger partial charge in [0.1, 0.15) is 12.4 Å². The Hall–Kier alpha value is -1.55. The summed E-state index contributed by atoms with van der Waals surface area (Å²) in [5, 5.41) is 12.3. The van der Waals surface area contributed by atoms with Gasteiger partial charge in [0.05, 0.1) is 5.56 Å². The molecule has 2 N–H and O–H groups in total. The number of nitrogens with one attached hydrogen (secondary N) is 1. The molecule has 1 aromatic rings. The van der Waals surface area contributed by atoms with Crippen molar-refractivity contribution >= 4 is 5.97 Å². The third kappa shape index (κ3) is 5.75. The van der Waals surface area contributed by atoms with E-state index in [1.807, 2.05) is 0 Å². The Morgan fingerprint density at radius 3 is 2.84 bits per heavy atom. The molecule has 0 aliphatic rings. The van der Waals surface area contributed by atoms with Crippen LogP contribution in [0.2, 0.25) is 0 Å². The van der Waals surface area contributed by atoms with E-state index >= 15 is 0 Å². The van der Waals surface area contributed by atoms with Crippen molar-refractivity contribution in [3.05, 3.63) is 29.8 Å². The Bertz CT molecular complexity index is 393. The SMILES string of the molecule is CCCC(CC)NCCOc1cccc(C(=O)O)c1. The van der Waals surface area contributed by atoms with Gasteiger partial charge in [-0.2, -0.15) is 0 Å². The molecule has 1 unspecified atom stereocenters. The highest BCUT2D eigenvalue weighted by Crippen LogP contribution is 2.13. The highest BCUT2D eigenvalue weighted by Gasteiger charge is 2.05.